The molecule has 5 nitrogen and oxygen atoms in total. The monoisotopic (exact) mass is 346 g/mol. The standard InChI is InChI=1S/C18H26N4OS/c1-3-15(19-18-20-17(4-2)21-24-18)16-13-22(10-11-23-16)12-14-8-6-5-7-9-14/h5-9,15-16H,3-4,10-13H2,1-2H3,(H,19,20,21). The molecule has 2 heterocycles. The van der Waals surface area contributed by atoms with Crippen LogP contribution in [0.25, 0.3) is 0 Å². The number of nitrogens with zero attached hydrogens (tertiary/aromatic N) is 3. The molecule has 0 spiro atoms. The number of anilines is 1. The zero-order valence-corrected chi connectivity index (χ0v) is 15.3. The van der Waals surface area contributed by atoms with Crippen LogP contribution in [0.4, 0.5) is 5.13 Å². The third-order valence-electron chi connectivity index (χ3n) is 4.41. The lowest BCUT2D eigenvalue weighted by molar-refractivity contribution is -0.0402. The first-order valence-corrected chi connectivity index (χ1v) is 9.52. The van der Waals surface area contributed by atoms with Crippen LogP contribution < -0.4 is 5.32 Å². The van der Waals surface area contributed by atoms with Crippen molar-refractivity contribution in [3.05, 3.63) is 41.7 Å². The van der Waals surface area contributed by atoms with Gasteiger partial charge in [0.15, 0.2) is 0 Å². The average molecular weight is 347 g/mol. The van der Waals surface area contributed by atoms with E-state index in [1.807, 2.05) is 0 Å². The molecule has 0 radical (unpaired) electrons. The van der Waals surface area contributed by atoms with Gasteiger partial charge < -0.3 is 10.1 Å². The minimum absolute atomic E-state index is 0.182. The number of ether oxygens (including phenoxy) is 1. The molecule has 24 heavy (non-hydrogen) atoms. The van der Waals surface area contributed by atoms with E-state index in [-0.39, 0.29) is 12.1 Å². The lowest BCUT2D eigenvalue weighted by atomic mass is 10.1. The van der Waals surface area contributed by atoms with Crippen LogP contribution in [0.2, 0.25) is 0 Å². The Labute approximate surface area is 148 Å². The molecule has 1 aliphatic heterocycles. The highest BCUT2D eigenvalue weighted by atomic mass is 32.1. The summed E-state index contributed by atoms with van der Waals surface area (Å²) >= 11 is 1.44. The summed E-state index contributed by atoms with van der Waals surface area (Å²) in [6.07, 6.45) is 2.06. The summed E-state index contributed by atoms with van der Waals surface area (Å²) in [4.78, 5) is 7.00. The Morgan fingerprint density at radius 1 is 1.33 bits per heavy atom. The second kappa shape index (κ2) is 8.55. The van der Waals surface area contributed by atoms with Gasteiger partial charge in [0, 0.05) is 37.6 Å². The Bertz CT molecular complexity index is 618. The van der Waals surface area contributed by atoms with E-state index >= 15 is 0 Å². The average Bonchev–Trinajstić information content (AvgIpc) is 3.08. The van der Waals surface area contributed by atoms with E-state index in [9.17, 15) is 0 Å². The van der Waals surface area contributed by atoms with Gasteiger partial charge in [-0.1, -0.05) is 44.2 Å². The number of morpholine rings is 1. The van der Waals surface area contributed by atoms with Crippen LogP contribution in [0.5, 0.6) is 0 Å². The summed E-state index contributed by atoms with van der Waals surface area (Å²) in [7, 11) is 0. The summed E-state index contributed by atoms with van der Waals surface area (Å²) in [6, 6.07) is 10.9. The Kier molecular flexibility index (Phi) is 6.18. The summed E-state index contributed by atoms with van der Waals surface area (Å²) in [5.74, 6) is 0.910. The van der Waals surface area contributed by atoms with Crippen LogP contribution in [0.15, 0.2) is 30.3 Å². The van der Waals surface area contributed by atoms with Gasteiger partial charge in [-0.3, -0.25) is 4.90 Å². The van der Waals surface area contributed by atoms with Crippen LogP contribution in [0, 0.1) is 0 Å². The highest BCUT2D eigenvalue weighted by Gasteiger charge is 2.27. The minimum atomic E-state index is 0.182. The summed E-state index contributed by atoms with van der Waals surface area (Å²) < 4.78 is 10.4. The van der Waals surface area contributed by atoms with Crippen LogP contribution in [0.1, 0.15) is 31.7 Å². The topological polar surface area (TPSA) is 50.3 Å². The minimum Gasteiger partial charge on any atom is -0.373 e. The quantitative estimate of drug-likeness (QED) is 0.834. The first kappa shape index (κ1) is 17.3. The van der Waals surface area contributed by atoms with E-state index in [1.54, 1.807) is 0 Å². The first-order valence-electron chi connectivity index (χ1n) is 8.75. The van der Waals surface area contributed by atoms with Gasteiger partial charge in [0.1, 0.15) is 5.82 Å². The third kappa shape index (κ3) is 4.53. The molecule has 1 saturated heterocycles. The van der Waals surface area contributed by atoms with Crippen LogP contribution in [-0.2, 0) is 17.7 Å². The van der Waals surface area contributed by atoms with Crippen LogP contribution in [-0.4, -0.2) is 46.1 Å². The van der Waals surface area contributed by atoms with Gasteiger partial charge in [-0.2, -0.15) is 4.37 Å². The Hall–Kier alpha value is -1.50. The zero-order valence-electron chi connectivity index (χ0n) is 14.4. The van der Waals surface area contributed by atoms with E-state index in [4.69, 9.17) is 4.74 Å². The maximum atomic E-state index is 6.06. The van der Waals surface area contributed by atoms with Crippen molar-refractivity contribution in [1.29, 1.82) is 0 Å². The first-order chi connectivity index (χ1) is 11.8. The molecular formula is C18H26N4OS. The Balaban J connectivity index is 1.59. The van der Waals surface area contributed by atoms with E-state index < -0.39 is 0 Å². The summed E-state index contributed by atoms with van der Waals surface area (Å²) in [5.41, 5.74) is 1.36. The Morgan fingerprint density at radius 2 is 2.17 bits per heavy atom. The second-order valence-corrected chi connectivity index (χ2v) is 6.91. The molecule has 1 fully saturated rings. The fourth-order valence-corrected chi connectivity index (χ4v) is 3.75. The molecule has 1 aromatic carbocycles. The summed E-state index contributed by atoms with van der Waals surface area (Å²) in [6.45, 7) is 7.97. The number of hydrogen-bond donors (Lipinski definition) is 1. The van der Waals surface area contributed by atoms with Gasteiger partial charge >= 0.3 is 0 Å². The molecule has 2 aromatic rings. The third-order valence-corrected chi connectivity index (χ3v) is 5.09. The molecule has 1 aromatic heterocycles. The molecule has 6 heteroatoms. The highest BCUT2D eigenvalue weighted by Crippen LogP contribution is 2.19. The van der Waals surface area contributed by atoms with Crippen molar-refractivity contribution in [3.8, 4) is 0 Å². The maximum Gasteiger partial charge on any atom is 0.202 e. The number of rotatable bonds is 7. The molecule has 0 bridgehead atoms. The van der Waals surface area contributed by atoms with Crippen molar-refractivity contribution in [2.45, 2.75) is 45.4 Å². The number of hydrogen-bond acceptors (Lipinski definition) is 6. The number of nitrogens with one attached hydrogen (secondary N) is 1. The molecule has 0 saturated carbocycles. The molecule has 2 atom stereocenters. The number of benzene rings is 1. The number of aryl methyl sites for hydroxylation is 1. The predicted octanol–water partition coefficient (Wildman–Crippen LogP) is 3.19. The van der Waals surface area contributed by atoms with Gasteiger partial charge in [0.05, 0.1) is 18.8 Å². The maximum absolute atomic E-state index is 6.06. The largest absolute Gasteiger partial charge is 0.373 e. The summed E-state index contributed by atoms with van der Waals surface area (Å²) in [5, 5.41) is 4.44. The van der Waals surface area contributed by atoms with E-state index in [1.165, 1.54) is 17.1 Å². The molecule has 0 amide bonds. The molecule has 0 aliphatic carbocycles. The van der Waals surface area contributed by atoms with Crippen molar-refractivity contribution in [3.63, 3.8) is 0 Å². The van der Waals surface area contributed by atoms with Gasteiger partial charge in [-0.05, 0) is 12.0 Å². The van der Waals surface area contributed by atoms with Crippen molar-refractivity contribution in [2.24, 2.45) is 0 Å². The highest BCUT2D eigenvalue weighted by molar-refractivity contribution is 7.09. The van der Waals surface area contributed by atoms with Gasteiger partial charge in [0.25, 0.3) is 0 Å². The van der Waals surface area contributed by atoms with Crippen molar-refractivity contribution < 1.29 is 4.74 Å². The van der Waals surface area contributed by atoms with Crippen molar-refractivity contribution in [2.75, 3.05) is 25.0 Å². The van der Waals surface area contributed by atoms with Crippen LogP contribution in [0.3, 0.4) is 0 Å². The van der Waals surface area contributed by atoms with Crippen LogP contribution >= 0.6 is 11.5 Å². The SMILES string of the molecule is CCc1nsc(NC(CC)C2CN(Cc3ccccc3)CCO2)n1. The van der Waals surface area contributed by atoms with Gasteiger partial charge in [0.2, 0.25) is 5.13 Å². The lowest BCUT2D eigenvalue weighted by Gasteiger charge is -2.37. The second-order valence-electron chi connectivity index (χ2n) is 6.16. The smallest absolute Gasteiger partial charge is 0.202 e. The molecule has 3 rings (SSSR count). The van der Waals surface area contributed by atoms with Crippen molar-refractivity contribution in [1.82, 2.24) is 14.3 Å². The molecule has 2 unspecified atom stereocenters. The molecule has 1 aliphatic rings. The lowest BCUT2D eigenvalue weighted by Crippen LogP contribution is -2.49. The Morgan fingerprint density at radius 3 is 2.88 bits per heavy atom. The van der Waals surface area contributed by atoms with E-state index in [2.05, 4.69) is 63.8 Å². The molecular weight excluding hydrogens is 320 g/mol. The van der Waals surface area contributed by atoms with Gasteiger partial charge in [-0.15, -0.1) is 0 Å². The molecule has 130 valence electrons. The van der Waals surface area contributed by atoms with E-state index in [0.717, 1.165) is 50.0 Å². The molecule has 1 N–H and O–H groups in total. The fourth-order valence-electron chi connectivity index (χ4n) is 3.03. The number of aromatic nitrogens is 2. The van der Waals surface area contributed by atoms with E-state index in [0.29, 0.717) is 0 Å². The van der Waals surface area contributed by atoms with Gasteiger partial charge in [-0.25, -0.2) is 4.98 Å². The normalized spacial score (nSPS) is 20.0. The fraction of sp³-hybridized carbons (Fsp3) is 0.556. The zero-order chi connectivity index (χ0) is 16.8. The predicted molar refractivity (Wildman–Crippen MR) is 98.4 cm³/mol. The van der Waals surface area contributed by atoms with Crippen molar-refractivity contribution >= 4 is 16.7 Å².